The highest BCUT2D eigenvalue weighted by Crippen LogP contribution is 1.30. The van der Waals surface area contributed by atoms with E-state index in [2.05, 4.69) is 0 Å². The highest BCUT2D eigenvalue weighted by Gasteiger charge is 1.34. The van der Waals surface area contributed by atoms with Crippen molar-refractivity contribution in [3.8, 4) is 0 Å². The summed E-state index contributed by atoms with van der Waals surface area (Å²) >= 11 is 0. The van der Waals surface area contributed by atoms with Crippen molar-refractivity contribution in [2.75, 3.05) is 6.61 Å². The van der Waals surface area contributed by atoms with Crippen molar-refractivity contribution in [2.45, 2.75) is 6.92 Å². The van der Waals surface area contributed by atoms with Gasteiger partial charge in [-0.1, -0.05) is 0 Å². The van der Waals surface area contributed by atoms with E-state index in [-0.39, 0.29) is 17.6 Å². The van der Waals surface area contributed by atoms with Crippen LogP contribution in [0, 0.1) is 0 Å². The van der Waals surface area contributed by atoms with Gasteiger partial charge in [-0.2, -0.15) is 0 Å². The standard InChI is InChI=1S/C2H6O.3CNO.Si/c1-2-3;3*2-1-3;/h3H,2H2,1H3;;;;/q;3*-1;. The third-order valence-corrected chi connectivity index (χ3v) is 0. The van der Waals surface area contributed by atoms with Gasteiger partial charge in [0.25, 0.3) is 0 Å². The summed E-state index contributed by atoms with van der Waals surface area (Å²) in [7, 11) is 0. The second-order valence-corrected chi connectivity index (χ2v) is 0.590. The SMILES string of the molecule is CCO.[N-]=C=O.[N-]=C=O.[N-]=C=O.[Si]. The van der Waals surface area contributed by atoms with Crippen LogP contribution in [0.1, 0.15) is 6.92 Å². The molecule has 0 aliphatic heterocycles. The van der Waals surface area contributed by atoms with Crippen LogP contribution in [0.15, 0.2) is 0 Å². The summed E-state index contributed by atoms with van der Waals surface area (Å²) in [5.74, 6) is 0. The van der Waals surface area contributed by atoms with Crippen LogP contribution < -0.4 is 0 Å². The molecule has 0 aliphatic rings. The lowest BCUT2D eigenvalue weighted by Gasteiger charge is -1.52. The van der Waals surface area contributed by atoms with Crippen LogP contribution >= 0.6 is 0 Å². The summed E-state index contributed by atoms with van der Waals surface area (Å²) in [6.45, 7) is 1.93. The van der Waals surface area contributed by atoms with E-state index in [1.807, 2.05) is 0 Å². The minimum absolute atomic E-state index is 0. The van der Waals surface area contributed by atoms with Gasteiger partial charge >= 0.3 is 0 Å². The van der Waals surface area contributed by atoms with Gasteiger partial charge in [-0.25, -0.2) is 0 Å². The van der Waals surface area contributed by atoms with E-state index in [0.29, 0.717) is 18.2 Å². The molecular weight excluding hydrogens is 194 g/mol. The Morgan fingerprint density at radius 2 is 1.00 bits per heavy atom. The zero-order valence-corrected chi connectivity index (χ0v) is 7.72. The van der Waals surface area contributed by atoms with Crippen LogP contribution in [-0.2, 0) is 14.4 Å². The van der Waals surface area contributed by atoms with Crippen LogP contribution in [0.25, 0.3) is 16.2 Å². The highest BCUT2D eigenvalue weighted by molar-refractivity contribution is 5.75. The monoisotopic (exact) mass is 200 g/mol. The summed E-state index contributed by atoms with van der Waals surface area (Å²) < 4.78 is 0. The Balaban J connectivity index is -0.0000000213. The maximum absolute atomic E-state index is 8.24. The van der Waals surface area contributed by atoms with Gasteiger partial charge in [0.15, 0.2) is 0 Å². The molecule has 0 atom stereocenters. The second kappa shape index (κ2) is 167. The molecule has 7 nitrogen and oxygen atoms in total. The van der Waals surface area contributed by atoms with E-state index in [4.69, 9.17) is 35.7 Å². The summed E-state index contributed by atoms with van der Waals surface area (Å²) in [5.41, 5.74) is 0. The Morgan fingerprint density at radius 1 is 1.00 bits per heavy atom. The fourth-order valence-electron chi connectivity index (χ4n) is 0. The largest absolute Gasteiger partial charge is 0.724 e. The maximum Gasteiger partial charge on any atom is 0.0402 e. The number of aliphatic hydroxyl groups excluding tert-OH is 1. The van der Waals surface area contributed by atoms with Gasteiger partial charge < -0.3 is 21.3 Å². The van der Waals surface area contributed by atoms with Crippen molar-refractivity contribution in [3.63, 3.8) is 0 Å². The molecule has 0 amide bonds. The molecular formula is C5H6N3O4Si-3. The molecule has 0 aromatic heterocycles. The number of aliphatic hydroxyl groups is 1. The zero-order chi connectivity index (χ0) is 10.8. The Bertz CT molecular complexity index is 127. The Morgan fingerprint density at radius 3 is 1.00 bits per heavy atom. The van der Waals surface area contributed by atoms with Crippen molar-refractivity contribution in [1.29, 1.82) is 0 Å². The molecule has 8 heteroatoms. The average Bonchev–Trinajstić information content (AvgIpc) is 1.92. The van der Waals surface area contributed by atoms with Crippen LogP contribution in [-0.4, -0.2) is 40.9 Å². The van der Waals surface area contributed by atoms with Gasteiger partial charge in [-0.15, -0.1) is 0 Å². The van der Waals surface area contributed by atoms with Gasteiger partial charge in [0.1, 0.15) is 0 Å². The topological polar surface area (TPSA) is 138 Å². The number of hydrogen-bond donors (Lipinski definition) is 1. The molecule has 0 heterocycles. The van der Waals surface area contributed by atoms with Crippen LogP contribution in [0.4, 0.5) is 0 Å². The molecule has 0 spiro atoms. The first-order valence-electron chi connectivity index (χ1n) is 2.31. The molecule has 0 saturated carbocycles. The zero-order valence-electron chi connectivity index (χ0n) is 6.72. The van der Waals surface area contributed by atoms with Crippen LogP contribution in [0.3, 0.4) is 0 Å². The first-order valence-corrected chi connectivity index (χ1v) is 2.31. The lowest BCUT2D eigenvalue weighted by molar-refractivity contribution is 0.318. The molecule has 0 aromatic rings. The minimum Gasteiger partial charge on any atom is -0.724 e. The fraction of sp³-hybridized carbons (Fsp3) is 0.400. The lowest BCUT2D eigenvalue weighted by Crippen LogP contribution is -1.57. The van der Waals surface area contributed by atoms with E-state index in [1.165, 1.54) is 0 Å². The van der Waals surface area contributed by atoms with Crippen molar-refractivity contribution in [1.82, 2.24) is 0 Å². The third kappa shape index (κ3) is 252. The summed E-state index contributed by atoms with van der Waals surface area (Å²) in [5, 5.41) is 27.9. The maximum atomic E-state index is 8.24. The normalized spacial score (nSPS) is 3.23. The van der Waals surface area contributed by atoms with E-state index >= 15 is 0 Å². The van der Waals surface area contributed by atoms with Gasteiger partial charge in [-0.05, 0) is 25.2 Å². The molecule has 0 rings (SSSR count). The number of carbonyl (C=O) groups excluding carboxylic acids is 3. The quantitative estimate of drug-likeness (QED) is 0.313. The Kier molecular flexibility index (Phi) is 387. The van der Waals surface area contributed by atoms with E-state index < -0.39 is 0 Å². The minimum atomic E-state index is 0. The number of hydrogen-bond acceptors (Lipinski definition) is 4. The van der Waals surface area contributed by atoms with Gasteiger partial charge in [0, 0.05) is 17.6 Å². The average molecular weight is 200 g/mol. The summed E-state index contributed by atoms with van der Waals surface area (Å²) in [4.78, 5) is 24.7. The summed E-state index contributed by atoms with van der Waals surface area (Å²) in [6, 6.07) is 0. The van der Waals surface area contributed by atoms with E-state index in [9.17, 15) is 0 Å². The predicted molar refractivity (Wildman–Crippen MR) is 45.7 cm³/mol. The van der Waals surface area contributed by atoms with Gasteiger partial charge in [0.05, 0.1) is 0 Å². The molecule has 0 aromatic carbocycles. The van der Waals surface area contributed by atoms with Crippen molar-refractivity contribution >= 4 is 29.2 Å². The molecule has 0 unspecified atom stereocenters. The highest BCUT2D eigenvalue weighted by atomic mass is 28.1. The molecule has 1 N–H and O–H groups in total. The third-order valence-electron chi connectivity index (χ3n) is 0. The number of rotatable bonds is 0. The number of nitrogens with zero attached hydrogens (tertiary/aromatic N) is 3. The smallest absolute Gasteiger partial charge is 0.0402 e. The molecule has 13 heavy (non-hydrogen) atoms. The predicted octanol–water partition coefficient (Wildman–Crippen LogP) is -0.707. The van der Waals surface area contributed by atoms with Gasteiger partial charge in [0.2, 0.25) is 0 Å². The molecule has 0 saturated heterocycles. The van der Waals surface area contributed by atoms with Crippen LogP contribution in [0.2, 0.25) is 0 Å². The Labute approximate surface area is 79.3 Å². The molecule has 0 bridgehead atoms. The first-order chi connectivity index (χ1) is 5.66. The lowest BCUT2D eigenvalue weighted by atomic mass is 10.9. The second-order valence-electron chi connectivity index (χ2n) is 0.590. The molecule has 0 fully saturated rings. The van der Waals surface area contributed by atoms with E-state index in [0.717, 1.165) is 0 Å². The first kappa shape index (κ1) is 30.2. The molecule has 0 aliphatic carbocycles. The van der Waals surface area contributed by atoms with Crippen LogP contribution in [0.5, 0.6) is 0 Å². The Hall–Kier alpha value is -1.68. The van der Waals surface area contributed by atoms with E-state index in [1.54, 1.807) is 6.92 Å². The summed E-state index contributed by atoms with van der Waals surface area (Å²) in [6.07, 6.45) is 1.50. The van der Waals surface area contributed by atoms with Gasteiger partial charge in [-0.3, -0.25) is 14.4 Å². The van der Waals surface area contributed by atoms with Crippen molar-refractivity contribution < 1.29 is 19.5 Å². The van der Waals surface area contributed by atoms with Crippen molar-refractivity contribution in [3.05, 3.63) is 16.2 Å². The molecule has 72 valence electrons. The fourth-order valence-corrected chi connectivity index (χ4v) is 0. The number of isocyanates is 3. The molecule has 4 radical (unpaired) electrons. The van der Waals surface area contributed by atoms with Crippen molar-refractivity contribution in [2.24, 2.45) is 0 Å².